The molecule has 0 aliphatic rings. The van der Waals surface area contributed by atoms with Crippen molar-refractivity contribution in [2.75, 3.05) is 0 Å². The van der Waals surface area contributed by atoms with Gasteiger partial charge >= 0.3 is 0 Å². The minimum atomic E-state index is 0.857. The average Bonchev–Trinajstić information content (AvgIpc) is 3.68. The summed E-state index contributed by atoms with van der Waals surface area (Å²) in [6, 6.07) is 36.4. The van der Waals surface area contributed by atoms with Crippen LogP contribution >= 0.6 is 0 Å². The van der Waals surface area contributed by atoms with Gasteiger partial charge in [0.1, 0.15) is 108 Å². The van der Waals surface area contributed by atoms with E-state index in [9.17, 15) is 0 Å². The summed E-state index contributed by atoms with van der Waals surface area (Å²) >= 11 is 0. The molecule has 15 heteroatoms. The van der Waals surface area contributed by atoms with Crippen molar-refractivity contribution < 1.29 is 0 Å². The van der Waals surface area contributed by atoms with Gasteiger partial charge in [0.2, 0.25) is 0 Å². The van der Waals surface area contributed by atoms with Crippen molar-refractivity contribution in [3.63, 3.8) is 0 Å². The van der Waals surface area contributed by atoms with E-state index in [1.807, 2.05) is 0 Å². The maximum absolute atomic E-state index is 5.00. The summed E-state index contributed by atoms with van der Waals surface area (Å²) in [7, 11) is 30.1. The largest absolute Gasteiger partial charge is 0.296 e. The Morgan fingerprint density at radius 3 is 1.29 bits per heavy atom. The highest BCUT2D eigenvalue weighted by Crippen LogP contribution is 2.42. The van der Waals surface area contributed by atoms with Gasteiger partial charge in [-0.15, -0.1) is 38.2 Å². The SMILES string of the molecule is Bc1c(B)c(B)c(-c2ccc(-c3c4c(B)c(B)c(B)c(B)c4c(-c4cccc(-c5cccc(-n6c(CC)nc7ccccc76)c5)c4)c4c(B)c(B)c(B)c(B)c34)cc2)c(B)c1B. The molecule has 2 nitrogen and oxygen atoms in total. The van der Waals surface area contributed by atoms with Gasteiger partial charge in [-0.2, -0.15) is 0 Å². The molecule has 0 aliphatic heterocycles. The molecule has 0 spiro atoms. The van der Waals surface area contributed by atoms with Crippen molar-refractivity contribution in [1.82, 2.24) is 9.55 Å². The van der Waals surface area contributed by atoms with Crippen LogP contribution in [-0.2, 0) is 6.42 Å². The van der Waals surface area contributed by atoms with Crippen LogP contribution in [0.25, 0.3) is 82.8 Å². The second-order valence-corrected chi connectivity index (χ2v) is 18.2. The molecule has 1 aromatic heterocycles. The first-order valence-corrected chi connectivity index (χ1v) is 22.5. The van der Waals surface area contributed by atoms with Gasteiger partial charge in [0.25, 0.3) is 0 Å². The van der Waals surface area contributed by atoms with Crippen molar-refractivity contribution in [3.8, 4) is 50.2 Å². The minimum absolute atomic E-state index is 0.857. The molecule has 284 valence electrons. The van der Waals surface area contributed by atoms with Crippen LogP contribution in [0.15, 0.2) is 97.1 Å². The second-order valence-electron chi connectivity index (χ2n) is 18.2. The molecule has 0 fully saturated rings. The van der Waals surface area contributed by atoms with Crippen LogP contribution in [0.4, 0.5) is 0 Å². The van der Waals surface area contributed by atoms with Gasteiger partial charge in [0, 0.05) is 12.1 Å². The number of benzene rings is 8. The van der Waals surface area contributed by atoms with Gasteiger partial charge in [0.05, 0.1) is 11.0 Å². The fraction of sp³-hybridized carbons (Fsp3) is 0.0426. The molecule has 0 bridgehead atoms. The Bertz CT molecular complexity index is 3270. The molecule has 0 saturated heterocycles. The molecule has 1 heterocycles. The maximum Gasteiger partial charge on any atom is 0.139 e. The maximum atomic E-state index is 5.00. The van der Waals surface area contributed by atoms with E-state index in [0.717, 1.165) is 29.0 Å². The van der Waals surface area contributed by atoms with E-state index < -0.39 is 0 Å². The zero-order valence-electron chi connectivity index (χ0n) is 39.3. The summed E-state index contributed by atoms with van der Waals surface area (Å²) in [6.45, 7) is 2.19. The molecule has 0 N–H and O–H groups in total. The van der Waals surface area contributed by atoms with E-state index >= 15 is 0 Å². The van der Waals surface area contributed by atoms with Crippen molar-refractivity contribution >= 4 is 206 Å². The van der Waals surface area contributed by atoms with Crippen LogP contribution in [0, 0.1) is 0 Å². The summed E-state index contributed by atoms with van der Waals surface area (Å²) in [5.74, 6) is 1.07. The third kappa shape index (κ3) is 6.31. The number of nitrogens with zero attached hydrogens (tertiary/aromatic N) is 2. The van der Waals surface area contributed by atoms with Crippen LogP contribution in [0.1, 0.15) is 12.7 Å². The Labute approximate surface area is 379 Å². The van der Waals surface area contributed by atoms with Crippen molar-refractivity contribution in [2.24, 2.45) is 0 Å². The van der Waals surface area contributed by atoms with Crippen molar-refractivity contribution in [3.05, 3.63) is 103 Å². The monoisotopic (exact) mass is 782 g/mol. The van der Waals surface area contributed by atoms with Gasteiger partial charge in [-0.05, 0) is 96.4 Å². The number of para-hydroxylation sites is 2. The lowest BCUT2D eigenvalue weighted by molar-refractivity contribution is 0.908. The molecule has 0 atom stereocenters. The van der Waals surface area contributed by atoms with E-state index in [1.165, 1.54) is 137 Å². The Morgan fingerprint density at radius 1 is 0.371 bits per heavy atom. The third-order valence-electron chi connectivity index (χ3n) is 15.4. The Balaban J connectivity index is 1.33. The molecular formula is C47H47B13N2. The third-order valence-corrected chi connectivity index (χ3v) is 15.4. The highest BCUT2D eigenvalue weighted by atomic mass is 15.1. The molecule has 9 aromatic rings. The van der Waals surface area contributed by atoms with E-state index in [1.54, 1.807) is 0 Å². The highest BCUT2D eigenvalue weighted by Gasteiger charge is 2.26. The smallest absolute Gasteiger partial charge is 0.139 e. The standard InChI is InChI=1S/C47H47B13N2/c1-2-27-61-25-11-3-4-12-26(25)62(27)24-10-6-8-22(18-24)21-7-5-9-23(17-21)29-33-31(37(50)43(56)45(58)39(33)52)28(32-34(29)40(53)46(59)44(57)38(32)51)19-13-15-20(16-14-19)30-35(48)41(54)47(60)42(55)36(30)49/h3-18H,2,48-60H2,1H3. The number of fused-ring (bicyclic) bond motifs is 3. The lowest BCUT2D eigenvalue weighted by Crippen LogP contribution is -2.55. The van der Waals surface area contributed by atoms with Crippen LogP contribution in [0.5, 0.6) is 0 Å². The van der Waals surface area contributed by atoms with Gasteiger partial charge in [0.15, 0.2) is 0 Å². The van der Waals surface area contributed by atoms with E-state index in [4.69, 9.17) is 4.98 Å². The zero-order chi connectivity index (χ0) is 44.0. The molecule has 0 amide bonds. The van der Waals surface area contributed by atoms with E-state index in [-0.39, 0.29) is 0 Å². The van der Waals surface area contributed by atoms with Crippen molar-refractivity contribution in [1.29, 1.82) is 0 Å². The first-order chi connectivity index (χ1) is 29.7. The van der Waals surface area contributed by atoms with Gasteiger partial charge in [-0.25, -0.2) is 4.98 Å². The fourth-order valence-corrected chi connectivity index (χ4v) is 10.7. The number of imidazole rings is 1. The van der Waals surface area contributed by atoms with Crippen LogP contribution in [-0.4, -0.2) is 112 Å². The second kappa shape index (κ2) is 15.7. The van der Waals surface area contributed by atoms with Crippen LogP contribution < -0.4 is 71.0 Å². The number of rotatable bonds is 6. The summed E-state index contributed by atoms with van der Waals surface area (Å²) < 4.78 is 2.33. The van der Waals surface area contributed by atoms with Gasteiger partial charge in [-0.3, -0.25) is 4.57 Å². The van der Waals surface area contributed by atoms with Crippen molar-refractivity contribution in [2.45, 2.75) is 13.3 Å². The lowest BCUT2D eigenvalue weighted by atomic mass is 9.59. The number of aromatic nitrogens is 2. The number of hydrogen-bond acceptors (Lipinski definition) is 1. The normalized spacial score (nSPS) is 11.6. The molecule has 8 aromatic carbocycles. The average molecular weight is 780 g/mol. The molecular weight excluding hydrogens is 733 g/mol. The highest BCUT2D eigenvalue weighted by molar-refractivity contribution is 6.72. The molecule has 62 heavy (non-hydrogen) atoms. The molecule has 0 radical (unpaired) electrons. The van der Waals surface area contributed by atoms with Crippen LogP contribution in [0.2, 0.25) is 0 Å². The molecule has 0 unspecified atom stereocenters. The first-order valence-electron chi connectivity index (χ1n) is 22.5. The predicted molar refractivity (Wildman–Crippen MR) is 314 cm³/mol. The van der Waals surface area contributed by atoms with E-state index in [2.05, 4.69) is 211 Å². The Morgan fingerprint density at radius 2 is 0.774 bits per heavy atom. The van der Waals surface area contributed by atoms with E-state index in [0.29, 0.717) is 0 Å². The predicted octanol–water partition coefficient (Wildman–Crippen LogP) is -10.1. The summed E-state index contributed by atoms with van der Waals surface area (Å²) in [5.41, 5.74) is 31.4. The molecule has 0 saturated carbocycles. The Kier molecular flexibility index (Phi) is 10.6. The topological polar surface area (TPSA) is 17.8 Å². The molecule has 0 aliphatic carbocycles. The summed E-state index contributed by atoms with van der Waals surface area (Å²) in [4.78, 5) is 5.00. The fourth-order valence-electron chi connectivity index (χ4n) is 10.7. The molecule has 9 rings (SSSR count). The summed E-state index contributed by atoms with van der Waals surface area (Å²) in [5, 5.41) is 5.46. The zero-order valence-corrected chi connectivity index (χ0v) is 39.3. The number of aryl methyl sites for hydroxylation is 1. The van der Waals surface area contributed by atoms with Gasteiger partial charge < -0.3 is 0 Å². The number of hydrogen-bond donors (Lipinski definition) is 0. The first kappa shape index (κ1) is 41.9. The van der Waals surface area contributed by atoms with Crippen LogP contribution in [0.3, 0.4) is 0 Å². The Hall–Kier alpha value is -5.41. The minimum Gasteiger partial charge on any atom is -0.296 e. The summed E-state index contributed by atoms with van der Waals surface area (Å²) in [6.07, 6.45) is 0.857. The quantitative estimate of drug-likeness (QED) is 0.121. The lowest BCUT2D eigenvalue weighted by Gasteiger charge is -2.28. The van der Waals surface area contributed by atoms with Gasteiger partial charge in [-0.1, -0.05) is 106 Å².